The molecule has 12 heavy (non-hydrogen) atoms. The second-order valence-electron chi connectivity index (χ2n) is 2.29. The van der Waals surface area contributed by atoms with Crippen LogP contribution >= 0.6 is 15.9 Å². The minimum absolute atomic E-state index is 0.0566. The first-order valence-electron chi connectivity index (χ1n) is 3.29. The molecule has 0 heterocycles. The summed E-state index contributed by atoms with van der Waals surface area (Å²) in [4.78, 5) is 11.0. The number of carbonyl (C=O) groups is 1. The zero-order valence-corrected chi connectivity index (χ0v) is 7.77. The number of ketones is 1. The molecule has 1 rings (SSSR count). The maximum Gasteiger partial charge on any atom is 0.173 e. The zero-order chi connectivity index (χ0) is 9.14. The largest absolute Gasteiger partial charge is 0.396 e. The van der Waals surface area contributed by atoms with E-state index in [-0.39, 0.29) is 16.8 Å². The van der Waals surface area contributed by atoms with E-state index in [2.05, 4.69) is 15.9 Å². The summed E-state index contributed by atoms with van der Waals surface area (Å²) in [6.07, 6.45) is 0. The van der Waals surface area contributed by atoms with E-state index in [1.807, 2.05) is 0 Å². The van der Waals surface area contributed by atoms with Crippen molar-refractivity contribution in [2.24, 2.45) is 0 Å². The monoisotopic (exact) mass is 231 g/mol. The third kappa shape index (κ3) is 1.82. The van der Waals surface area contributed by atoms with Gasteiger partial charge in [0.2, 0.25) is 0 Å². The maximum atomic E-state index is 12.8. The van der Waals surface area contributed by atoms with Crippen LogP contribution in [-0.4, -0.2) is 11.1 Å². The van der Waals surface area contributed by atoms with Gasteiger partial charge in [-0.05, 0) is 18.2 Å². The Labute approximate surface area is 77.7 Å². The van der Waals surface area contributed by atoms with Crippen molar-refractivity contribution in [3.63, 3.8) is 0 Å². The Bertz CT molecular complexity index is 314. The predicted molar refractivity (Wildman–Crippen MR) is 48.9 cm³/mol. The van der Waals surface area contributed by atoms with Gasteiger partial charge in [-0.1, -0.05) is 15.9 Å². The number of nitrogens with two attached hydrogens (primary N) is 1. The summed E-state index contributed by atoms with van der Waals surface area (Å²) in [6, 6.07) is 4.02. The molecule has 0 spiro atoms. The number of hydrogen-bond acceptors (Lipinski definition) is 2. The summed E-state index contributed by atoms with van der Waals surface area (Å²) in [5.74, 6) is -0.712. The second-order valence-corrected chi connectivity index (χ2v) is 2.85. The number of Topliss-reactive ketones (excluding diaryl/α,β-unsaturated/α-hetero) is 1. The summed E-state index contributed by atoms with van der Waals surface area (Å²) in [6.45, 7) is 0. The highest BCUT2D eigenvalue weighted by atomic mass is 79.9. The zero-order valence-electron chi connectivity index (χ0n) is 6.18. The number of benzene rings is 1. The van der Waals surface area contributed by atoms with Gasteiger partial charge in [0.25, 0.3) is 0 Å². The van der Waals surface area contributed by atoms with Crippen LogP contribution < -0.4 is 5.73 Å². The first-order chi connectivity index (χ1) is 5.65. The van der Waals surface area contributed by atoms with Crippen LogP contribution in [0, 0.1) is 5.82 Å². The number of carbonyl (C=O) groups excluding carboxylic acids is 1. The van der Waals surface area contributed by atoms with Crippen molar-refractivity contribution >= 4 is 27.4 Å². The van der Waals surface area contributed by atoms with Gasteiger partial charge < -0.3 is 5.73 Å². The predicted octanol–water partition coefficient (Wildman–Crippen LogP) is 1.99. The van der Waals surface area contributed by atoms with Crippen LogP contribution in [0.5, 0.6) is 0 Å². The molecule has 1 aromatic rings. The van der Waals surface area contributed by atoms with E-state index in [4.69, 9.17) is 5.73 Å². The Morgan fingerprint density at radius 3 is 2.75 bits per heavy atom. The van der Waals surface area contributed by atoms with Gasteiger partial charge >= 0.3 is 0 Å². The molecule has 0 bridgehead atoms. The third-order valence-corrected chi connectivity index (χ3v) is 1.95. The Balaban J connectivity index is 3.05. The van der Waals surface area contributed by atoms with Crippen LogP contribution in [0.1, 0.15) is 10.4 Å². The van der Waals surface area contributed by atoms with Crippen LogP contribution in [0.25, 0.3) is 0 Å². The lowest BCUT2D eigenvalue weighted by molar-refractivity contribution is 0.102. The molecule has 0 fully saturated rings. The molecule has 2 N–H and O–H groups in total. The van der Waals surface area contributed by atoms with Gasteiger partial charge in [0.1, 0.15) is 5.82 Å². The van der Waals surface area contributed by atoms with E-state index in [1.54, 1.807) is 0 Å². The molecule has 0 radical (unpaired) electrons. The maximum absolute atomic E-state index is 12.8. The van der Waals surface area contributed by atoms with E-state index in [9.17, 15) is 9.18 Å². The third-order valence-electron chi connectivity index (χ3n) is 1.44. The molecular formula is C8H7BrFNO. The quantitative estimate of drug-likeness (QED) is 0.481. The Morgan fingerprint density at radius 1 is 1.58 bits per heavy atom. The molecule has 2 nitrogen and oxygen atoms in total. The molecule has 0 amide bonds. The number of halogens is 2. The number of nitrogen functional groups attached to an aromatic ring is 1. The van der Waals surface area contributed by atoms with Crippen LogP contribution in [0.15, 0.2) is 18.2 Å². The van der Waals surface area contributed by atoms with Crippen molar-refractivity contribution in [1.29, 1.82) is 0 Å². The lowest BCUT2D eigenvalue weighted by Gasteiger charge is -1.99. The molecule has 0 saturated carbocycles. The Hall–Kier alpha value is -0.900. The van der Waals surface area contributed by atoms with Crippen LogP contribution in [0.3, 0.4) is 0 Å². The van der Waals surface area contributed by atoms with Gasteiger partial charge in [0, 0.05) is 5.56 Å². The first kappa shape index (κ1) is 9.19. The van der Waals surface area contributed by atoms with E-state index in [0.717, 1.165) is 6.07 Å². The number of alkyl halides is 1. The fourth-order valence-electron chi connectivity index (χ4n) is 0.778. The molecule has 0 aliphatic carbocycles. The summed E-state index contributed by atoms with van der Waals surface area (Å²) in [5.41, 5.74) is 5.62. The highest BCUT2D eigenvalue weighted by Gasteiger charge is 2.06. The van der Waals surface area contributed by atoms with E-state index in [1.165, 1.54) is 12.1 Å². The minimum atomic E-state index is -0.554. The highest BCUT2D eigenvalue weighted by Crippen LogP contribution is 2.12. The highest BCUT2D eigenvalue weighted by molar-refractivity contribution is 9.09. The van der Waals surface area contributed by atoms with Crippen molar-refractivity contribution in [1.82, 2.24) is 0 Å². The standard InChI is InChI=1S/C8H7BrFNO/c9-4-8(12)5-1-2-7(11)6(10)3-5/h1-3H,4,11H2. The van der Waals surface area contributed by atoms with Gasteiger partial charge in [-0.15, -0.1) is 0 Å². The lowest BCUT2D eigenvalue weighted by Crippen LogP contribution is -2.01. The molecule has 64 valence electrons. The van der Waals surface area contributed by atoms with E-state index >= 15 is 0 Å². The van der Waals surface area contributed by atoms with Crippen molar-refractivity contribution < 1.29 is 9.18 Å². The van der Waals surface area contributed by atoms with Crippen molar-refractivity contribution in [3.8, 4) is 0 Å². The fourth-order valence-corrected chi connectivity index (χ4v) is 1.10. The van der Waals surface area contributed by atoms with Crippen LogP contribution in [0.2, 0.25) is 0 Å². The molecule has 0 unspecified atom stereocenters. The number of rotatable bonds is 2. The summed E-state index contributed by atoms with van der Waals surface area (Å²) >= 11 is 2.99. The van der Waals surface area contributed by atoms with Gasteiger partial charge in [-0.25, -0.2) is 4.39 Å². The average Bonchev–Trinajstić information content (AvgIpc) is 2.08. The molecule has 4 heteroatoms. The molecule has 0 aromatic heterocycles. The van der Waals surface area contributed by atoms with Crippen molar-refractivity contribution in [2.75, 3.05) is 11.1 Å². The first-order valence-corrected chi connectivity index (χ1v) is 4.41. The smallest absolute Gasteiger partial charge is 0.173 e. The molecule has 0 atom stereocenters. The van der Waals surface area contributed by atoms with Crippen molar-refractivity contribution in [2.45, 2.75) is 0 Å². The summed E-state index contributed by atoms with van der Waals surface area (Å²) in [5, 5.41) is 0.191. The van der Waals surface area contributed by atoms with Crippen molar-refractivity contribution in [3.05, 3.63) is 29.6 Å². The Morgan fingerprint density at radius 2 is 2.25 bits per heavy atom. The lowest BCUT2D eigenvalue weighted by atomic mass is 10.1. The van der Waals surface area contributed by atoms with E-state index < -0.39 is 5.82 Å². The van der Waals surface area contributed by atoms with Gasteiger partial charge in [0.05, 0.1) is 11.0 Å². The average molecular weight is 232 g/mol. The van der Waals surface area contributed by atoms with Gasteiger partial charge in [-0.2, -0.15) is 0 Å². The molecule has 0 aliphatic heterocycles. The van der Waals surface area contributed by atoms with Gasteiger partial charge in [-0.3, -0.25) is 4.79 Å². The molecule has 0 aliphatic rings. The molecule has 0 saturated heterocycles. The molecular weight excluding hydrogens is 225 g/mol. The van der Waals surface area contributed by atoms with E-state index in [0.29, 0.717) is 5.56 Å². The topological polar surface area (TPSA) is 43.1 Å². The second kappa shape index (κ2) is 3.67. The minimum Gasteiger partial charge on any atom is -0.396 e. The summed E-state index contributed by atoms with van der Waals surface area (Å²) < 4.78 is 12.8. The van der Waals surface area contributed by atoms with Crippen LogP contribution in [0.4, 0.5) is 10.1 Å². The Kier molecular flexibility index (Phi) is 2.81. The SMILES string of the molecule is Nc1ccc(C(=O)CBr)cc1F. The van der Waals surface area contributed by atoms with Crippen LogP contribution in [-0.2, 0) is 0 Å². The number of hydrogen-bond donors (Lipinski definition) is 1. The van der Waals surface area contributed by atoms with Gasteiger partial charge in [0.15, 0.2) is 5.78 Å². The number of anilines is 1. The molecule has 1 aromatic carbocycles. The summed E-state index contributed by atoms with van der Waals surface area (Å²) in [7, 11) is 0. The normalized spacial score (nSPS) is 9.83. The fraction of sp³-hybridized carbons (Fsp3) is 0.125.